The van der Waals surface area contributed by atoms with Crippen molar-refractivity contribution in [2.75, 3.05) is 0 Å². The highest BCUT2D eigenvalue weighted by molar-refractivity contribution is 8.06. The van der Waals surface area contributed by atoms with Crippen LogP contribution in [0.25, 0.3) is 0 Å². The molecule has 0 aromatic heterocycles. The molecule has 0 aromatic carbocycles. The van der Waals surface area contributed by atoms with E-state index in [1.54, 1.807) is 11.8 Å². The van der Waals surface area contributed by atoms with E-state index in [4.69, 9.17) is 0 Å². The molecular weight excluding hydrogens is 116 g/mol. The van der Waals surface area contributed by atoms with Crippen molar-refractivity contribution in [3.05, 3.63) is 35.1 Å². The minimum atomic E-state index is 1.05. The van der Waals surface area contributed by atoms with Crippen molar-refractivity contribution in [2.24, 2.45) is 0 Å². The topological polar surface area (TPSA) is 0 Å². The SMILES string of the molecule is C=C1C=CCC=CS1. The molecular formula is C7H8S. The number of hydrogen-bond donors (Lipinski definition) is 0. The van der Waals surface area contributed by atoms with Crippen molar-refractivity contribution >= 4 is 11.8 Å². The zero-order valence-corrected chi connectivity index (χ0v) is 5.45. The zero-order valence-electron chi connectivity index (χ0n) is 4.63. The largest absolute Gasteiger partial charge is 0.0990 e. The molecule has 0 fully saturated rings. The summed E-state index contributed by atoms with van der Waals surface area (Å²) < 4.78 is 0. The summed E-state index contributed by atoms with van der Waals surface area (Å²) in [7, 11) is 0. The molecule has 1 heteroatoms. The second-order valence-electron chi connectivity index (χ2n) is 1.59. The average Bonchev–Trinajstić information content (AvgIpc) is 1.94. The number of rotatable bonds is 0. The van der Waals surface area contributed by atoms with Crippen LogP contribution in [0, 0.1) is 0 Å². The Morgan fingerprint density at radius 2 is 2.38 bits per heavy atom. The number of hydrogen-bond acceptors (Lipinski definition) is 1. The van der Waals surface area contributed by atoms with Crippen LogP contribution in [0.1, 0.15) is 6.42 Å². The van der Waals surface area contributed by atoms with E-state index in [9.17, 15) is 0 Å². The molecule has 8 heavy (non-hydrogen) atoms. The average molecular weight is 124 g/mol. The van der Waals surface area contributed by atoms with Gasteiger partial charge in [-0.25, -0.2) is 0 Å². The molecule has 0 saturated heterocycles. The lowest BCUT2D eigenvalue weighted by atomic mass is 10.4. The fourth-order valence-electron chi connectivity index (χ4n) is 0.508. The van der Waals surface area contributed by atoms with Crippen molar-refractivity contribution in [1.82, 2.24) is 0 Å². The van der Waals surface area contributed by atoms with Gasteiger partial charge in [-0.3, -0.25) is 0 Å². The Balaban J connectivity index is 2.61. The maximum atomic E-state index is 3.80. The molecule has 0 atom stereocenters. The molecule has 1 heterocycles. The maximum absolute atomic E-state index is 3.80. The molecule has 0 bridgehead atoms. The van der Waals surface area contributed by atoms with Crippen LogP contribution < -0.4 is 0 Å². The second kappa shape index (κ2) is 2.78. The minimum Gasteiger partial charge on any atom is -0.0990 e. The summed E-state index contributed by atoms with van der Waals surface area (Å²) in [6.07, 6.45) is 7.33. The van der Waals surface area contributed by atoms with E-state index in [1.165, 1.54) is 0 Å². The van der Waals surface area contributed by atoms with Crippen LogP contribution in [0.5, 0.6) is 0 Å². The van der Waals surface area contributed by atoms with Gasteiger partial charge in [0.1, 0.15) is 0 Å². The summed E-state index contributed by atoms with van der Waals surface area (Å²) in [5.41, 5.74) is 0. The summed E-state index contributed by atoms with van der Waals surface area (Å²) in [6.45, 7) is 3.80. The van der Waals surface area contributed by atoms with Gasteiger partial charge < -0.3 is 0 Å². The normalized spacial score (nSPS) is 18.8. The van der Waals surface area contributed by atoms with Crippen LogP contribution in [0.4, 0.5) is 0 Å². The van der Waals surface area contributed by atoms with Crippen LogP contribution in [0.15, 0.2) is 35.1 Å². The molecule has 0 N–H and O–H groups in total. The third kappa shape index (κ3) is 1.58. The van der Waals surface area contributed by atoms with E-state index < -0.39 is 0 Å². The van der Waals surface area contributed by atoms with E-state index >= 15 is 0 Å². The third-order valence-corrected chi connectivity index (χ3v) is 1.66. The lowest BCUT2D eigenvalue weighted by molar-refractivity contribution is 1.41. The zero-order chi connectivity index (χ0) is 5.82. The van der Waals surface area contributed by atoms with Gasteiger partial charge in [0, 0.05) is 4.91 Å². The van der Waals surface area contributed by atoms with Gasteiger partial charge in [0.2, 0.25) is 0 Å². The summed E-state index contributed by atoms with van der Waals surface area (Å²) in [5.74, 6) is 0. The van der Waals surface area contributed by atoms with Gasteiger partial charge in [-0.1, -0.05) is 36.6 Å². The van der Waals surface area contributed by atoms with Crippen molar-refractivity contribution in [3.8, 4) is 0 Å². The predicted molar refractivity (Wildman–Crippen MR) is 39.6 cm³/mol. The maximum Gasteiger partial charge on any atom is 0.00407 e. The monoisotopic (exact) mass is 124 g/mol. The summed E-state index contributed by atoms with van der Waals surface area (Å²) in [6, 6.07) is 0. The highest BCUT2D eigenvalue weighted by Crippen LogP contribution is 2.18. The van der Waals surface area contributed by atoms with E-state index in [2.05, 4.69) is 24.1 Å². The number of thioether (sulfide) groups is 1. The van der Waals surface area contributed by atoms with E-state index in [1.807, 2.05) is 6.08 Å². The first kappa shape index (κ1) is 5.70. The molecule has 0 radical (unpaired) electrons. The summed E-state index contributed by atoms with van der Waals surface area (Å²) >= 11 is 1.68. The molecule has 42 valence electrons. The first-order valence-corrected chi connectivity index (χ1v) is 3.44. The van der Waals surface area contributed by atoms with Gasteiger partial charge in [-0.15, -0.1) is 0 Å². The van der Waals surface area contributed by atoms with Gasteiger partial charge >= 0.3 is 0 Å². The highest BCUT2D eigenvalue weighted by Gasteiger charge is 1.86. The Morgan fingerprint density at radius 1 is 1.50 bits per heavy atom. The van der Waals surface area contributed by atoms with E-state index in [0.29, 0.717) is 0 Å². The lowest BCUT2D eigenvalue weighted by Gasteiger charge is -1.85. The Bertz CT molecular complexity index is 142. The lowest BCUT2D eigenvalue weighted by Crippen LogP contribution is -1.55. The molecule has 1 rings (SSSR count). The first-order chi connectivity index (χ1) is 3.89. The van der Waals surface area contributed by atoms with Crippen LogP contribution in [0.2, 0.25) is 0 Å². The quantitative estimate of drug-likeness (QED) is 0.478. The Kier molecular flexibility index (Phi) is 1.98. The fourth-order valence-corrected chi connectivity index (χ4v) is 1.07. The Morgan fingerprint density at radius 3 is 3.25 bits per heavy atom. The van der Waals surface area contributed by atoms with Gasteiger partial charge in [-0.05, 0) is 11.8 Å². The predicted octanol–water partition coefficient (Wildman–Crippen LogP) is 2.71. The molecule has 0 aliphatic carbocycles. The molecule has 0 amide bonds. The third-order valence-electron chi connectivity index (χ3n) is 0.892. The van der Waals surface area contributed by atoms with E-state index in [-0.39, 0.29) is 0 Å². The van der Waals surface area contributed by atoms with Crippen LogP contribution in [-0.4, -0.2) is 0 Å². The van der Waals surface area contributed by atoms with Crippen molar-refractivity contribution in [1.29, 1.82) is 0 Å². The molecule has 0 saturated carbocycles. The first-order valence-electron chi connectivity index (χ1n) is 2.57. The fraction of sp³-hybridized carbons (Fsp3) is 0.143. The number of allylic oxidation sites excluding steroid dienone is 3. The highest BCUT2D eigenvalue weighted by atomic mass is 32.2. The smallest absolute Gasteiger partial charge is 0.00407 e. The molecule has 0 aromatic rings. The minimum absolute atomic E-state index is 1.05. The van der Waals surface area contributed by atoms with Gasteiger partial charge in [0.25, 0.3) is 0 Å². The van der Waals surface area contributed by atoms with Crippen LogP contribution in [0.3, 0.4) is 0 Å². The summed E-state index contributed by atoms with van der Waals surface area (Å²) in [4.78, 5) is 1.12. The van der Waals surface area contributed by atoms with Crippen molar-refractivity contribution in [3.63, 3.8) is 0 Å². The molecule has 0 unspecified atom stereocenters. The molecule has 0 spiro atoms. The van der Waals surface area contributed by atoms with Crippen molar-refractivity contribution < 1.29 is 0 Å². The molecule has 1 aliphatic rings. The molecule has 1 aliphatic heterocycles. The second-order valence-corrected chi connectivity index (χ2v) is 2.63. The van der Waals surface area contributed by atoms with Gasteiger partial charge in [0.15, 0.2) is 0 Å². The van der Waals surface area contributed by atoms with Crippen molar-refractivity contribution in [2.45, 2.75) is 6.42 Å². The summed E-state index contributed by atoms with van der Waals surface area (Å²) in [5, 5.41) is 2.07. The Labute approximate surface area is 54.0 Å². The van der Waals surface area contributed by atoms with Gasteiger partial charge in [0.05, 0.1) is 0 Å². The van der Waals surface area contributed by atoms with Gasteiger partial charge in [-0.2, -0.15) is 0 Å². The Hall–Kier alpha value is -0.430. The van der Waals surface area contributed by atoms with Crippen LogP contribution >= 0.6 is 11.8 Å². The standard InChI is InChI=1S/C7H8S/c1-7-5-3-2-4-6-8-7/h3-6H,1-2H2. The van der Waals surface area contributed by atoms with Crippen LogP contribution in [-0.2, 0) is 0 Å². The molecule has 0 nitrogen and oxygen atoms in total. The van der Waals surface area contributed by atoms with E-state index in [0.717, 1.165) is 11.3 Å².